The molecule has 0 saturated carbocycles. The largest absolute Gasteiger partial charge is 0.480 e. The van der Waals surface area contributed by atoms with Crippen LogP contribution >= 0.6 is 0 Å². The Bertz CT molecular complexity index is 635. The van der Waals surface area contributed by atoms with Crippen molar-refractivity contribution in [3.8, 4) is 0 Å². The van der Waals surface area contributed by atoms with Crippen molar-refractivity contribution in [1.82, 2.24) is 10.5 Å². The van der Waals surface area contributed by atoms with E-state index in [1.54, 1.807) is 6.07 Å². The Morgan fingerprint density at radius 2 is 2.14 bits per heavy atom. The van der Waals surface area contributed by atoms with E-state index in [2.05, 4.69) is 10.5 Å². The minimum absolute atomic E-state index is 0.00686. The lowest BCUT2D eigenvalue weighted by atomic mass is 10.1. The summed E-state index contributed by atoms with van der Waals surface area (Å²) in [5, 5.41) is 16.3. The molecular formula is C15H18N2O4. The van der Waals surface area contributed by atoms with E-state index in [1.807, 2.05) is 25.1 Å². The van der Waals surface area contributed by atoms with Gasteiger partial charge in [0.25, 0.3) is 0 Å². The Morgan fingerprint density at radius 1 is 1.38 bits per heavy atom. The number of hydrogen-bond acceptors (Lipinski definition) is 4. The van der Waals surface area contributed by atoms with Gasteiger partial charge in [0.1, 0.15) is 11.7 Å². The Balaban J connectivity index is 2.02. The van der Waals surface area contributed by atoms with Gasteiger partial charge in [-0.25, -0.2) is 4.79 Å². The van der Waals surface area contributed by atoms with Gasteiger partial charge in [-0.1, -0.05) is 37.1 Å². The molecule has 0 spiro atoms. The second kappa shape index (κ2) is 6.88. The van der Waals surface area contributed by atoms with Crippen molar-refractivity contribution in [3.63, 3.8) is 0 Å². The molecule has 2 aromatic rings. The number of carboxylic acid groups (broad SMARTS) is 1. The molecule has 0 unspecified atom stereocenters. The molecule has 21 heavy (non-hydrogen) atoms. The number of nitrogens with zero attached hydrogens (tertiary/aromatic N) is 1. The summed E-state index contributed by atoms with van der Waals surface area (Å²) in [5.74, 6) is -1.38. The summed E-state index contributed by atoms with van der Waals surface area (Å²) >= 11 is 0. The van der Waals surface area contributed by atoms with Crippen LogP contribution in [-0.4, -0.2) is 28.2 Å². The molecule has 0 aliphatic carbocycles. The molecule has 0 aliphatic heterocycles. The predicted molar refractivity (Wildman–Crippen MR) is 76.8 cm³/mol. The number of rotatable bonds is 7. The molecule has 0 aliphatic rings. The smallest absolute Gasteiger partial charge is 0.326 e. The van der Waals surface area contributed by atoms with E-state index < -0.39 is 12.0 Å². The molecule has 1 atom stereocenters. The lowest BCUT2D eigenvalue weighted by Gasteiger charge is -2.13. The second-order valence-electron chi connectivity index (χ2n) is 4.90. The summed E-state index contributed by atoms with van der Waals surface area (Å²) in [6.07, 6.45) is 2.07. The number of aliphatic carboxylic acids is 1. The molecule has 6 nitrogen and oxygen atoms in total. The molecule has 6 heteroatoms. The van der Waals surface area contributed by atoms with Gasteiger partial charge in [-0.15, -0.1) is 0 Å². The van der Waals surface area contributed by atoms with E-state index in [4.69, 9.17) is 9.63 Å². The summed E-state index contributed by atoms with van der Waals surface area (Å²) in [6, 6.07) is 6.39. The quantitative estimate of drug-likeness (QED) is 0.815. The maximum Gasteiger partial charge on any atom is 0.326 e. The van der Waals surface area contributed by atoms with Crippen LogP contribution in [-0.2, 0) is 16.0 Å². The highest BCUT2D eigenvalue weighted by Crippen LogP contribution is 2.18. The molecule has 0 radical (unpaired) electrons. The summed E-state index contributed by atoms with van der Waals surface area (Å²) in [5.41, 5.74) is 1.13. The number of carbonyl (C=O) groups excluding carboxylic acids is 1. The van der Waals surface area contributed by atoms with Crippen LogP contribution < -0.4 is 5.32 Å². The first kappa shape index (κ1) is 15.0. The van der Waals surface area contributed by atoms with E-state index in [1.165, 1.54) is 0 Å². The van der Waals surface area contributed by atoms with Crippen LogP contribution in [0.3, 0.4) is 0 Å². The first-order chi connectivity index (χ1) is 10.1. The van der Waals surface area contributed by atoms with Crippen LogP contribution in [0.1, 0.15) is 31.9 Å². The predicted octanol–water partition coefficient (Wildman–Crippen LogP) is 2.13. The average Bonchev–Trinajstić information content (AvgIpc) is 2.86. The Labute approximate surface area is 122 Å². The van der Waals surface area contributed by atoms with Crippen molar-refractivity contribution in [2.45, 2.75) is 38.6 Å². The summed E-state index contributed by atoms with van der Waals surface area (Å²) in [4.78, 5) is 23.1. The zero-order chi connectivity index (χ0) is 15.2. The van der Waals surface area contributed by atoms with Gasteiger partial charge < -0.3 is 14.9 Å². The second-order valence-corrected chi connectivity index (χ2v) is 4.90. The number of amides is 1. The minimum Gasteiger partial charge on any atom is -0.480 e. The van der Waals surface area contributed by atoms with Crippen LogP contribution in [0.4, 0.5) is 0 Å². The molecule has 1 aromatic heterocycles. The number of benzene rings is 1. The fourth-order valence-corrected chi connectivity index (χ4v) is 2.13. The van der Waals surface area contributed by atoms with Crippen LogP contribution in [0.2, 0.25) is 0 Å². The van der Waals surface area contributed by atoms with Gasteiger partial charge in [0.05, 0.1) is 6.42 Å². The number of carboxylic acids is 1. The molecular weight excluding hydrogens is 272 g/mol. The lowest BCUT2D eigenvalue weighted by molar-refractivity contribution is -0.142. The number of fused-ring (bicyclic) bond motifs is 1. The number of unbranched alkanes of at least 4 members (excludes halogenated alkanes) is 1. The molecule has 1 aromatic carbocycles. The summed E-state index contributed by atoms with van der Waals surface area (Å²) < 4.78 is 5.12. The standard InChI is InChI=1S/C15H18N2O4/c1-2-3-7-11(15(19)20)16-14(18)9-12-10-6-4-5-8-13(10)21-17-12/h4-6,8,11H,2-3,7,9H2,1H3,(H,16,18)(H,19,20)/t11-/m0/s1. The molecule has 0 fully saturated rings. The number of nitrogens with one attached hydrogen (secondary N) is 1. The highest BCUT2D eigenvalue weighted by Gasteiger charge is 2.20. The van der Waals surface area contributed by atoms with Gasteiger partial charge in [0.2, 0.25) is 5.91 Å². The Kier molecular flexibility index (Phi) is 4.92. The van der Waals surface area contributed by atoms with Crippen molar-refractivity contribution < 1.29 is 19.2 Å². The van der Waals surface area contributed by atoms with Crippen LogP contribution in [0, 0.1) is 0 Å². The average molecular weight is 290 g/mol. The molecule has 2 rings (SSSR count). The van der Waals surface area contributed by atoms with E-state index >= 15 is 0 Å². The summed E-state index contributed by atoms with van der Waals surface area (Å²) in [7, 11) is 0. The third kappa shape index (κ3) is 3.81. The monoisotopic (exact) mass is 290 g/mol. The fraction of sp³-hybridized carbons (Fsp3) is 0.400. The highest BCUT2D eigenvalue weighted by molar-refractivity contribution is 5.88. The molecule has 1 heterocycles. The minimum atomic E-state index is -1.01. The molecule has 1 amide bonds. The first-order valence-corrected chi connectivity index (χ1v) is 6.97. The van der Waals surface area contributed by atoms with E-state index in [9.17, 15) is 9.59 Å². The van der Waals surface area contributed by atoms with E-state index in [0.717, 1.165) is 18.2 Å². The van der Waals surface area contributed by atoms with Gasteiger partial charge in [0.15, 0.2) is 5.58 Å². The number of carbonyl (C=O) groups is 2. The molecule has 0 bridgehead atoms. The maximum absolute atomic E-state index is 12.0. The van der Waals surface area contributed by atoms with Gasteiger partial charge >= 0.3 is 5.97 Å². The topological polar surface area (TPSA) is 92.4 Å². The summed E-state index contributed by atoms with van der Waals surface area (Å²) in [6.45, 7) is 1.97. The van der Waals surface area contributed by atoms with Gasteiger partial charge in [-0.2, -0.15) is 0 Å². The van der Waals surface area contributed by atoms with Crippen molar-refractivity contribution >= 4 is 22.8 Å². The van der Waals surface area contributed by atoms with Gasteiger partial charge in [0, 0.05) is 5.39 Å². The highest BCUT2D eigenvalue weighted by atomic mass is 16.5. The maximum atomic E-state index is 12.0. The van der Waals surface area contributed by atoms with Crippen LogP contribution in [0.5, 0.6) is 0 Å². The van der Waals surface area contributed by atoms with Crippen molar-refractivity contribution in [1.29, 1.82) is 0 Å². The number of para-hydroxylation sites is 1. The number of hydrogen-bond donors (Lipinski definition) is 2. The first-order valence-electron chi connectivity index (χ1n) is 6.97. The van der Waals surface area contributed by atoms with E-state index in [-0.39, 0.29) is 12.3 Å². The SMILES string of the molecule is CCCC[C@H](NC(=O)Cc1noc2ccccc12)C(=O)O. The van der Waals surface area contributed by atoms with Crippen LogP contribution in [0.25, 0.3) is 11.0 Å². The Morgan fingerprint density at radius 3 is 2.86 bits per heavy atom. The van der Waals surface area contributed by atoms with E-state index in [0.29, 0.717) is 17.7 Å². The zero-order valence-electron chi connectivity index (χ0n) is 11.8. The third-order valence-corrected chi connectivity index (χ3v) is 3.26. The van der Waals surface area contributed by atoms with Crippen molar-refractivity contribution in [2.24, 2.45) is 0 Å². The zero-order valence-corrected chi connectivity index (χ0v) is 11.8. The Hall–Kier alpha value is -2.37. The third-order valence-electron chi connectivity index (χ3n) is 3.26. The molecule has 112 valence electrons. The molecule has 0 saturated heterocycles. The van der Waals surface area contributed by atoms with Crippen molar-refractivity contribution in [2.75, 3.05) is 0 Å². The van der Waals surface area contributed by atoms with Gasteiger partial charge in [-0.3, -0.25) is 4.79 Å². The van der Waals surface area contributed by atoms with Gasteiger partial charge in [-0.05, 0) is 18.6 Å². The van der Waals surface area contributed by atoms with Crippen LogP contribution in [0.15, 0.2) is 28.8 Å². The fourth-order valence-electron chi connectivity index (χ4n) is 2.13. The molecule has 2 N–H and O–H groups in total. The normalized spacial score (nSPS) is 12.2. The van der Waals surface area contributed by atoms with Crippen molar-refractivity contribution in [3.05, 3.63) is 30.0 Å². The number of aromatic nitrogens is 1. The lowest BCUT2D eigenvalue weighted by Crippen LogP contribution is -2.41.